The minimum atomic E-state index is -0.338. The Balaban J connectivity index is 1.49. The molecule has 0 fully saturated rings. The number of anilines is 1. The molecule has 0 atom stereocenters. The maximum absolute atomic E-state index is 15.6. The molecule has 0 unspecified atom stereocenters. The van der Waals surface area contributed by atoms with E-state index in [0.29, 0.717) is 45.5 Å². The van der Waals surface area contributed by atoms with Crippen molar-refractivity contribution in [3.8, 4) is 11.1 Å². The van der Waals surface area contributed by atoms with Crippen molar-refractivity contribution in [2.75, 3.05) is 5.32 Å². The molecule has 0 radical (unpaired) electrons. The van der Waals surface area contributed by atoms with Crippen LogP contribution in [0.5, 0.6) is 0 Å². The van der Waals surface area contributed by atoms with Crippen LogP contribution in [0.1, 0.15) is 43.9 Å². The number of nitrogens with zero attached hydrogens (tertiary/aromatic N) is 2. The normalized spacial score (nSPS) is 12.6. The number of carbonyl (C=O) groups excluding carboxylic acids is 1. The van der Waals surface area contributed by atoms with E-state index in [1.54, 1.807) is 18.2 Å². The Morgan fingerprint density at radius 1 is 1.15 bits per heavy atom. The summed E-state index contributed by atoms with van der Waals surface area (Å²) in [6.45, 7) is 1.94. The number of imidazole rings is 1. The molecule has 2 heterocycles. The van der Waals surface area contributed by atoms with E-state index in [-0.39, 0.29) is 23.7 Å². The van der Waals surface area contributed by atoms with Gasteiger partial charge in [-0.3, -0.25) is 14.9 Å². The molecule has 2 aromatic carbocycles. The van der Waals surface area contributed by atoms with Crippen LogP contribution >= 0.6 is 0 Å². The van der Waals surface area contributed by atoms with Gasteiger partial charge in [0, 0.05) is 28.8 Å². The highest BCUT2D eigenvalue weighted by Gasteiger charge is 2.15. The number of rotatable bonds is 6. The first-order valence-corrected chi connectivity index (χ1v) is 11.4. The van der Waals surface area contributed by atoms with E-state index in [4.69, 9.17) is 0 Å². The molecule has 0 saturated carbocycles. The molecule has 1 amide bonds. The Morgan fingerprint density at radius 2 is 1.97 bits per heavy atom. The number of hydrogen-bond acceptors (Lipinski definition) is 4. The average molecular weight is 458 g/mol. The van der Waals surface area contributed by atoms with Crippen molar-refractivity contribution in [2.45, 2.75) is 39.0 Å². The predicted octanol–water partition coefficient (Wildman–Crippen LogP) is 3.14. The van der Waals surface area contributed by atoms with Gasteiger partial charge in [-0.2, -0.15) is 5.10 Å². The first-order valence-electron chi connectivity index (χ1n) is 11.4. The number of aromatic amines is 2. The highest BCUT2D eigenvalue weighted by Crippen LogP contribution is 2.28. The van der Waals surface area contributed by atoms with Crippen LogP contribution in [0.25, 0.3) is 34.3 Å². The van der Waals surface area contributed by atoms with Crippen molar-refractivity contribution in [3.63, 3.8) is 0 Å². The number of amides is 1. The largest absolute Gasteiger partial charge is 0.324 e. The number of nitrogens with one attached hydrogen (secondary N) is 3. The highest BCUT2D eigenvalue weighted by molar-refractivity contribution is 5.91. The fourth-order valence-corrected chi connectivity index (χ4v) is 4.31. The van der Waals surface area contributed by atoms with Crippen molar-refractivity contribution < 1.29 is 9.18 Å². The van der Waals surface area contributed by atoms with E-state index in [0.717, 1.165) is 30.0 Å². The van der Waals surface area contributed by atoms with Crippen LogP contribution in [0.3, 0.4) is 0 Å². The fourth-order valence-electron chi connectivity index (χ4n) is 4.31. The molecule has 0 spiro atoms. The summed E-state index contributed by atoms with van der Waals surface area (Å²) in [5.41, 5.74) is 3.44. The molecular formula is C26H24FN5O2. The van der Waals surface area contributed by atoms with Crippen LogP contribution in [0.4, 0.5) is 10.3 Å². The lowest BCUT2D eigenvalue weighted by Gasteiger charge is -2.10. The zero-order valence-corrected chi connectivity index (χ0v) is 18.7. The van der Waals surface area contributed by atoms with E-state index in [2.05, 4.69) is 25.5 Å². The SMILES string of the molecule is CCCC(=O)Nc1nc2cc(-c3cccc(Cc4n[nH]c(=O)c5c4=CCCC=5)c3F)ccc2[nH]1. The van der Waals surface area contributed by atoms with Crippen molar-refractivity contribution in [3.05, 3.63) is 74.3 Å². The zero-order valence-electron chi connectivity index (χ0n) is 18.7. The number of fused-ring (bicyclic) bond motifs is 2. The lowest BCUT2D eigenvalue weighted by Crippen LogP contribution is -2.45. The molecule has 0 saturated heterocycles. The maximum Gasteiger partial charge on any atom is 0.271 e. The number of carbonyl (C=O) groups is 1. The maximum atomic E-state index is 15.6. The lowest BCUT2D eigenvalue weighted by atomic mass is 9.98. The first-order chi connectivity index (χ1) is 16.5. The highest BCUT2D eigenvalue weighted by atomic mass is 19.1. The molecule has 1 aliphatic carbocycles. The third-order valence-corrected chi connectivity index (χ3v) is 5.97. The molecule has 0 bridgehead atoms. The van der Waals surface area contributed by atoms with Gasteiger partial charge in [0.1, 0.15) is 5.82 Å². The smallest absolute Gasteiger partial charge is 0.271 e. The fraction of sp³-hybridized carbons (Fsp3) is 0.231. The number of halogens is 1. The molecule has 2 aromatic heterocycles. The van der Waals surface area contributed by atoms with Gasteiger partial charge in [0.05, 0.1) is 16.7 Å². The summed E-state index contributed by atoms with van der Waals surface area (Å²) in [5.74, 6) is -0.0642. The van der Waals surface area contributed by atoms with Crippen LogP contribution in [0, 0.1) is 5.82 Å². The average Bonchev–Trinajstić information content (AvgIpc) is 3.23. The monoisotopic (exact) mass is 457 g/mol. The van der Waals surface area contributed by atoms with Crippen LogP contribution in [-0.2, 0) is 11.2 Å². The second-order valence-corrected chi connectivity index (χ2v) is 8.38. The van der Waals surface area contributed by atoms with Gasteiger partial charge in [-0.1, -0.05) is 43.3 Å². The Labute approximate surface area is 194 Å². The molecule has 3 N–H and O–H groups in total. The molecule has 5 rings (SSSR count). The third-order valence-electron chi connectivity index (χ3n) is 5.97. The summed E-state index contributed by atoms with van der Waals surface area (Å²) < 4.78 is 15.6. The zero-order chi connectivity index (χ0) is 23.7. The summed E-state index contributed by atoms with van der Waals surface area (Å²) in [4.78, 5) is 31.5. The van der Waals surface area contributed by atoms with Gasteiger partial charge in [0.25, 0.3) is 5.56 Å². The topological polar surface area (TPSA) is 104 Å². The summed E-state index contributed by atoms with van der Waals surface area (Å²) in [6.07, 6.45) is 6.98. The second-order valence-electron chi connectivity index (χ2n) is 8.38. The van der Waals surface area contributed by atoms with Crippen LogP contribution < -0.4 is 21.3 Å². The molecule has 8 heteroatoms. The second kappa shape index (κ2) is 9.05. The molecule has 4 aromatic rings. The van der Waals surface area contributed by atoms with Gasteiger partial charge in [-0.05, 0) is 42.5 Å². The van der Waals surface area contributed by atoms with Crippen molar-refractivity contribution in [1.29, 1.82) is 0 Å². The van der Waals surface area contributed by atoms with E-state index >= 15 is 4.39 Å². The number of H-pyrrole nitrogens is 2. The van der Waals surface area contributed by atoms with Crippen molar-refractivity contribution in [1.82, 2.24) is 20.2 Å². The van der Waals surface area contributed by atoms with Crippen LogP contribution in [0.2, 0.25) is 0 Å². The van der Waals surface area contributed by atoms with Crippen molar-refractivity contribution in [2.24, 2.45) is 0 Å². The van der Waals surface area contributed by atoms with Gasteiger partial charge in [-0.25, -0.2) is 14.5 Å². The number of benzene rings is 2. The van der Waals surface area contributed by atoms with E-state index in [1.807, 2.05) is 37.3 Å². The first kappa shape index (κ1) is 21.8. The predicted molar refractivity (Wildman–Crippen MR) is 130 cm³/mol. The Hall–Kier alpha value is -4.07. The van der Waals surface area contributed by atoms with E-state index < -0.39 is 0 Å². The molecule has 7 nitrogen and oxygen atoms in total. The molecule has 0 aliphatic heterocycles. The summed E-state index contributed by atoms with van der Waals surface area (Å²) >= 11 is 0. The minimum absolute atomic E-state index is 0.103. The summed E-state index contributed by atoms with van der Waals surface area (Å²) in [7, 11) is 0. The van der Waals surface area contributed by atoms with Crippen LogP contribution in [0.15, 0.2) is 41.2 Å². The molecule has 172 valence electrons. The lowest BCUT2D eigenvalue weighted by molar-refractivity contribution is -0.116. The Kier molecular flexibility index (Phi) is 5.79. The van der Waals surface area contributed by atoms with Gasteiger partial charge in [0.2, 0.25) is 11.9 Å². The standard InChI is InChI=1S/C26H24FN5O2/c1-2-6-23(33)30-26-28-20-12-11-15(13-22(20)29-26)17-10-5-7-16(24(17)27)14-21-18-8-3-4-9-19(18)25(34)32-31-21/h5,7-13H,2-4,6,14H2,1H3,(H,32,34)(H2,28,29,30,33). The summed E-state index contributed by atoms with van der Waals surface area (Å²) in [5, 5.41) is 10.9. The Morgan fingerprint density at radius 3 is 2.79 bits per heavy atom. The molecular weight excluding hydrogens is 433 g/mol. The van der Waals surface area contributed by atoms with Gasteiger partial charge < -0.3 is 4.98 Å². The van der Waals surface area contributed by atoms with E-state index in [1.165, 1.54) is 0 Å². The number of aromatic nitrogens is 4. The number of hydrogen-bond donors (Lipinski definition) is 3. The molecule has 1 aliphatic rings. The van der Waals surface area contributed by atoms with Crippen LogP contribution in [-0.4, -0.2) is 26.1 Å². The van der Waals surface area contributed by atoms with Gasteiger partial charge in [-0.15, -0.1) is 0 Å². The molecule has 34 heavy (non-hydrogen) atoms. The summed E-state index contributed by atoms with van der Waals surface area (Å²) in [6, 6.07) is 10.7. The third kappa shape index (κ3) is 4.14. The van der Waals surface area contributed by atoms with Gasteiger partial charge in [0.15, 0.2) is 0 Å². The van der Waals surface area contributed by atoms with Crippen molar-refractivity contribution >= 4 is 35.0 Å². The Bertz CT molecular complexity index is 1590. The van der Waals surface area contributed by atoms with E-state index in [9.17, 15) is 9.59 Å². The quantitative estimate of drug-likeness (QED) is 0.414. The van der Waals surface area contributed by atoms with Gasteiger partial charge >= 0.3 is 0 Å². The minimum Gasteiger partial charge on any atom is -0.324 e.